The third-order valence-electron chi connectivity index (χ3n) is 2.54. The van der Waals surface area contributed by atoms with E-state index in [-0.39, 0.29) is 5.41 Å². The Morgan fingerprint density at radius 2 is 1.75 bits per heavy atom. The maximum atomic E-state index is 5.88. The van der Waals surface area contributed by atoms with Crippen LogP contribution < -0.4 is 0 Å². The number of rotatable bonds is 5. The zero-order valence-corrected chi connectivity index (χ0v) is 11.3. The van der Waals surface area contributed by atoms with Crippen molar-refractivity contribution in [1.82, 2.24) is 0 Å². The average Bonchev–Trinajstić information content (AvgIpc) is 2.17. The van der Waals surface area contributed by atoms with Crippen molar-refractivity contribution in [3.63, 3.8) is 0 Å². The lowest BCUT2D eigenvalue weighted by molar-refractivity contribution is 0.0754. The summed E-state index contributed by atoms with van der Waals surface area (Å²) in [6.07, 6.45) is 0. The Bertz CT molecular complexity index is 314. The highest BCUT2D eigenvalue weighted by Gasteiger charge is 2.20. The Hall–Kier alpha value is -0.530. The van der Waals surface area contributed by atoms with Gasteiger partial charge in [-0.05, 0) is 23.6 Å². The van der Waals surface area contributed by atoms with E-state index < -0.39 is 0 Å². The summed E-state index contributed by atoms with van der Waals surface area (Å²) >= 11 is 5.88. The van der Waals surface area contributed by atoms with E-state index in [1.54, 1.807) is 0 Å². The smallest absolute Gasteiger partial charge is 0.0557 e. The van der Waals surface area contributed by atoms with Gasteiger partial charge in [-0.2, -0.15) is 0 Å². The zero-order chi connectivity index (χ0) is 12.2. The molecule has 0 aliphatic carbocycles. The largest absolute Gasteiger partial charge is 0.380 e. The fourth-order valence-corrected chi connectivity index (χ4v) is 1.66. The zero-order valence-electron chi connectivity index (χ0n) is 10.6. The van der Waals surface area contributed by atoms with Gasteiger partial charge in [0.2, 0.25) is 0 Å². The van der Waals surface area contributed by atoms with Crippen molar-refractivity contribution >= 4 is 11.6 Å². The highest BCUT2D eigenvalue weighted by atomic mass is 35.5. The first-order valence-electron chi connectivity index (χ1n) is 5.75. The lowest BCUT2D eigenvalue weighted by Crippen LogP contribution is -2.25. The highest BCUT2D eigenvalue weighted by molar-refractivity contribution is 6.30. The molecular formula is C14H21ClO. The molecule has 1 aromatic carbocycles. The van der Waals surface area contributed by atoms with Gasteiger partial charge in [0, 0.05) is 17.0 Å². The van der Waals surface area contributed by atoms with Gasteiger partial charge in [0.25, 0.3) is 0 Å². The van der Waals surface area contributed by atoms with E-state index >= 15 is 0 Å². The summed E-state index contributed by atoms with van der Waals surface area (Å²) in [5.41, 5.74) is 1.31. The molecule has 0 aliphatic rings. The quantitative estimate of drug-likeness (QED) is 0.746. The van der Waals surface area contributed by atoms with Crippen LogP contribution in [0, 0.1) is 5.92 Å². The molecule has 90 valence electrons. The first kappa shape index (κ1) is 13.5. The number of hydrogen-bond donors (Lipinski definition) is 0. The van der Waals surface area contributed by atoms with E-state index in [1.807, 2.05) is 12.1 Å². The summed E-state index contributed by atoms with van der Waals surface area (Å²) in [7, 11) is 0. The second-order valence-corrected chi connectivity index (χ2v) is 5.74. The van der Waals surface area contributed by atoms with E-state index in [9.17, 15) is 0 Å². The van der Waals surface area contributed by atoms with Gasteiger partial charge in [0.1, 0.15) is 0 Å². The normalized spacial score (nSPS) is 12.1. The molecule has 0 saturated carbocycles. The first-order chi connectivity index (χ1) is 7.42. The predicted octanol–water partition coefficient (Wildman–Crippen LogP) is 4.29. The van der Waals surface area contributed by atoms with Crippen LogP contribution in [0.25, 0.3) is 0 Å². The molecule has 0 aromatic heterocycles. The van der Waals surface area contributed by atoms with Crippen molar-refractivity contribution in [3.8, 4) is 0 Å². The molecule has 0 saturated heterocycles. The molecule has 0 aliphatic heterocycles. The molecule has 0 atom stereocenters. The molecule has 0 radical (unpaired) electrons. The van der Waals surface area contributed by atoms with Crippen molar-refractivity contribution in [3.05, 3.63) is 34.9 Å². The molecule has 1 nitrogen and oxygen atoms in total. The van der Waals surface area contributed by atoms with Crippen LogP contribution in [0.4, 0.5) is 0 Å². The molecule has 0 amide bonds. The Labute approximate surface area is 104 Å². The maximum Gasteiger partial charge on any atom is 0.0557 e. The monoisotopic (exact) mass is 240 g/mol. The lowest BCUT2D eigenvalue weighted by Gasteiger charge is -2.25. The van der Waals surface area contributed by atoms with Crippen molar-refractivity contribution in [2.24, 2.45) is 5.92 Å². The van der Waals surface area contributed by atoms with Crippen LogP contribution in [0.2, 0.25) is 5.02 Å². The highest BCUT2D eigenvalue weighted by Crippen LogP contribution is 2.25. The summed E-state index contributed by atoms with van der Waals surface area (Å²) in [5.74, 6) is 0.584. The van der Waals surface area contributed by atoms with E-state index in [4.69, 9.17) is 16.3 Å². The van der Waals surface area contributed by atoms with Gasteiger partial charge in [-0.15, -0.1) is 0 Å². The molecule has 0 N–H and O–H groups in total. The molecule has 0 spiro atoms. The molecule has 0 unspecified atom stereocenters. The Morgan fingerprint density at radius 3 is 2.25 bits per heavy atom. The van der Waals surface area contributed by atoms with Gasteiger partial charge in [0.05, 0.1) is 6.61 Å². The molecule has 1 rings (SSSR count). The summed E-state index contributed by atoms with van der Waals surface area (Å²) in [6.45, 7) is 10.3. The summed E-state index contributed by atoms with van der Waals surface area (Å²) in [6, 6.07) is 8.00. The maximum absolute atomic E-state index is 5.88. The number of benzene rings is 1. The fraction of sp³-hybridized carbons (Fsp3) is 0.571. The molecule has 0 heterocycles. The van der Waals surface area contributed by atoms with E-state index in [0.717, 1.165) is 18.2 Å². The summed E-state index contributed by atoms with van der Waals surface area (Å²) < 4.78 is 5.71. The van der Waals surface area contributed by atoms with Crippen LogP contribution in [0.5, 0.6) is 0 Å². The minimum absolute atomic E-state index is 0.0411. The van der Waals surface area contributed by atoms with Crippen LogP contribution in [0.3, 0.4) is 0 Å². The van der Waals surface area contributed by atoms with Crippen LogP contribution in [-0.2, 0) is 10.2 Å². The van der Waals surface area contributed by atoms with Gasteiger partial charge in [-0.1, -0.05) is 51.4 Å². The van der Waals surface area contributed by atoms with E-state index in [1.165, 1.54) is 5.56 Å². The van der Waals surface area contributed by atoms with Gasteiger partial charge >= 0.3 is 0 Å². The second-order valence-electron chi connectivity index (χ2n) is 5.30. The number of hydrogen-bond acceptors (Lipinski definition) is 1. The Morgan fingerprint density at radius 1 is 1.19 bits per heavy atom. The third kappa shape index (κ3) is 4.15. The van der Waals surface area contributed by atoms with Gasteiger partial charge in [0.15, 0.2) is 0 Å². The van der Waals surface area contributed by atoms with Gasteiger partial charge in [-0.3, -0.25) is 0 Å². The molecule has 1 aromatic rings. The van der Waals surface area contributed by atoms with E-state index in [2.05, 4.69) is 39.8 Å². The predicted molar refractivity (Wildman–Crippen MR) is 70.1 cm³/mol. The van der Waals surface area contributed by atoms with Crippen molar-refractivity contribution < 1.29 is 4.74 Å². The Kier molecular flexibility index (Phi) is 4.82. The summed E-state index contributed by atoms with van der Waals surface area (Å²) in [4.78, 5) is 0. The third-order valence-corrected chi connectivity index (χ3v) is 2.79. The molecule has 0 fully saturated rings. The SMILES string of the molecule is CC(C)COCC(C)(C)c1ccc(Cl)cc1. The molecule has 2 heteroatoms. The van der Waals surface area contributed by atoms with Crippen molar-refractivity contribution in [1.29, 1.82) is 0 Å². The van der Waals surface area contributed by atoms with Crippen molar-refractivity contribution in [2.45, 2.75) is 33.1 Å². The molecule has 16 heavy (non-hydrogen) atoms. The summed E-state index contributed by atoms with van der Waals surface area (Å²) in [5, 5.41) is 0.780. The second kappa shape index (κ2) is 5.70. The molecule has 0 bridgehead atoms. The van der Waals surface area contributed by atoms with E-state index in [0.29, 0.717) is 5.92 Å². The Balaban J connectivity index is 2.59. The topological polar surface area (TPSA) is 9.23 Å². The number of ether oxygens (including phenoxy) is 1. The lowest BCUT2D eigenvalue weighted by atomic mass is 9.86. The van der Waals surface area contributed by atoms with Crippen LogP contribution in [0.1, 0.15) is 33.3 Å². The standard InChI is InChI=1S/C14H21ClO/c1-11(2)9-16-10-14(3,4)12-5-7-13(15)8-6-12/h5-8,11H,9-10H2,1-4H3. The van der Waals surface area contributed by atoms with Crippen LogP contribution >= 0.6 is 11.6 Å². The molecular weight excluding hydrogens is 220 g/mol. The fourth-order valence-electron chi connectivity index (χ4n) is 1.53. The average molecular weight is 241 g/mol. The van der Waals surface area contributed by atoms with Crippen LogP contribution in [-0.4, -0.2) is 13.2 Å². The van der Waals surface area contributed by atoms with Gasteiger partial charge in [-0.25, -0.2) is 0 Å². The number of halogens is 1. The van der Waals surface area contributed by atoms with Gasteiger partial charge < -0.3 is 4.74 Å². The van der Waals surface area contributed by atoms with Crippen LogP contribution in [0.15, 0.2) is 24.3 Å². The minimum atomic E-state index is 0.0411. The first-order valence-corrected chi connectivity index (χ1v) is 6.13. The van der Waals surface area contributed by atoms with Crippen molar-refractivity contribution in [2.75, 3.05) is 13.2 Å². The minimum Gasteiger partial charge on any atom is -0.380 e.